The van der Waals surface area contributed by atoms with Crippen LogP contribution in [-0.4, -0.2) is 0 Å². The Morgan fingerprint density at radius 2 is 1.55 bits per heavy atom. The molecule has 0 aliphatic heterocycles. The number of nitriles is 1. The molecule has 0 aliphatic carbocycles. The lowest BCUT2D eigenvalue weighted by atomic mass is 10.1. The van der Waals surface area contributed by atoms with E-state index in [-0.39, 0.29) is 0 Å². The van der Waals surface area contributed by atoms with Gasteiger partial charge >= 0.3 is 5.89 Å². The number of aryl methyl sites for hydroxylation is 2. The van der Waals surface area contributed by atoms with Crippen molar-refractivity contribution in [3.63, 3.8) is 0 Å². The van der Waals surface area contributed by atoms with Gasteiger partial charge in [0.2, 0.25) is 5.58 Å². The minimum absolute atomic E-state index is 0.573. The largest absolute Gasteiger partial charge is 0.456 e. The maximum absolute atomic E-state index is 9.22. The van der Waals surface area contributed by atoms with E-state index in [0.29, 0.717) is 11.1 Å². The fourth-order valence-electron chi connectivity index (χ4n) is 4.86. The van der Waals surface area contributed by atoms with Crippen molar-refractivity contribution in [3.05, 3.63) is 77.9 Å². The van der Waals surface area contributed by atoms with Gasteiger partial charge in [-0.05, 0) is 48.9 Å². The van der Waals surface area contributed by atoms with E-state index in [4.69, 9.17) is 13.3 Å². The minimum Gasteiger partial charge on any atom is -0.456 e. The fraction of sp³-hybridized carbons (Fsp3) is 0.0714. The molecular formula is C28H17N2O3+. The van der Waals surface area contributed by atoms with E-state index in [2.05, 4.69) is 35.8 Å². The van der Waals surface area contributed by atoms with Crippen molar-refractivity contribution < 1.29 is 17.8 Å². The van der Waals surface area contributed by atoms with Crippen molar-refractivity contribution in [2.45, 2.75) is 6.92 Å². The van der Waals surface area contributed by atoms with E-state index in [1.807, 2.05) is 49.5 Å². The highest BCUT2D eigenvalue weighted by Gasteiger charge is 2.26. The molecule has 0 atom stereocenters. The van der Waals surface area contributed by atoms with Gasteiger partial charge in [-0.2, -0.15) is 9.83 Å². The van der Waals surface area contributed by atoms with Crippen LogP contribution in [0.25, 0.3) is 66.4 Å². The van der Waals surface area contributed by atoms with Gasteiger partial charge in [-0.15, -0.1) is 0 Å². The summed E-state index contributed by atoms with van der Waals surface area (Å²) in [7, 11) is 2.02. The number of nitrogens with zero attached hydrogens (tertiary/aromatic N) is 2. The number of hydrogen-bond acceptors (Lipinski definition) is 4. The summed E-state index contributed by atoms with van der Waals surface area (Å²) in [6.07, 6.45) is 0. The van der Waals surface area contributed by atoms with Crippen molar-refractivity contribution in [1.82, 2.24) is 0 Å². The topological polar surface area (TPSA) is 67.1 Å². The van der Waals surface area contributed by atoms with Crippen molar-refractivity contribution in [2.75, 3.05) is 0 Å². The molecule has 4 aromatic carbocycles. The molecule has 7 aromatic rings. The number of hydrogen-bond donors (Lipinski definition) is 0. The van der Waals surface area contributed by atoms with E-state index < -0.39 is 0 Å². The Balaban J connectivity index is 1.59. The van der Waals surface area contributed by atoms with Crippen LogP contribution in [0.1, 0.15) is 11.1 Å². The number of aromatic nitrogens is 1. The monoisotopic (exact) mass is 429 g/mol. The molecule has 0 saturated heterocycles. The van der Waals surface area contributed by atoms with E-state index in [0.717, 1.165) is 66.4 Å². The normalized spacial score (nSPS) is 11.9. The van der Waals surface area contributed by atoms with Gasteiger partial charge in [0.25, 0.3) is 5.52 Å². The number of benzene rings is 4. The van der Waals surface area contributed by atoms with E-state index >= 15 is 0 Å². The Morgan fingerprint density at radius 3 is 2.39 bits per heavy atom. The van der Waals surface area contributed by atoms with Gasteiger partial charge in [0.05, 0.1) is 22.6 Å². The van der Waals surface area contributed by atoms with Crippen LogP contribution in [0.2, 0.25) is 0 Å². The average molecular weight is 429 g/mol. The molecule has 7 rings (SSSR count). The Hall–Kier alpha value is -4.56. The third kappa shape index (κ3) is 2.38. The van der Waals surface area contributed by atoms with Crippen LogP contribution in [0.3, 0.4) is 0 Å². The molecule has 0 spiro atoms. The van der Waals surface area contributed by atoms with Gasteiger partial charge in [0.15, 0.2) is 0 Å². The van der Waals surface area contributed by atoms with E-state index in [1.165, 1.54) is 0 Å². The number of furan rings is 2. The molecular weight excluding hydrogens is 412 g/mol. The first-order chi connectivity index (χ1) is 16.1. The average Bonchev–Trinajstić information content (AvgIpc) is 3.47. The van der Waals surface area contributed by atoms with Gasteiger partial charge in [-0.25, -0.2) is 0 Å². The molecule has 33 heavy (non-hydrogen) atoms. The lowest BCUT2D eigenvalue weighted by molar-refractivity contribution is -0.637. The lowest BCUT2D eigenvalue weighted by Gasteiger charge is -1.97. The number of oxazole rings is 1. The van der Waals surface area contributed by atoms with Crippen LogP contribution in [0.15, 0.2) is 80.0 Å². The minimum atomic E-state index is 0.573. The zero-order valence-corrected chi connectivity index (χ0v) is 18.0. The Morgan fingerprint density at radius 1 is 0.758 bits per heavy atom. The number of rotatable bonds is 1. The molecule has 0 saturated carbocycles. The summed E-state index contributed by atoms with van der Waals surface area (Å²) >= 11 is 0. The highest BCUT2D eigenvalue weighted by atomic mass is 16.4. The summed E-state index contributed by atoms with van der Waals surface area (Å²) in [5.41, 5.74) is 7.52. The predicted molar refractivity (Wildman–Crippen MR) is 127 cm³/mol. The molecule has 3 heterocycles. The maximum Gasteiger partial charge on any atom is 0.381 e. The molecule has 0 N–H and O–H groups in total. The van der Waals surface area contributed by atoms with Crippen LogP contribution in [0.4, 0.5) is 0 Å². The highest BCUT2D eigenvalue weighted by Crippen LogP contribution is 2.40. The molecule has 0 radical (unpaired) electrons. The third-order valence-corrected chi connectivity index (χ3v) is 6.53. The molecule has 0 aliphatic rings. The summed E-state index contributed by atoms with van der Waals surface area (Å²) < 4.78 is 20.8. The SMILES string of the molecule is Cc1ccccc1-c1oc2c3c(ccc2[n+]1C)oc1cc2oc4cc(C#N)ccc4c2cc13. The van der Waals surface area contributed by atoms with Gasteiger partial charge in [0, 0.05) is 28.3 Å². The molecule has 156 valence electrons. The van der Waals surface area contributed by atoms with Crippen molar-refractivity contribution in [2.24, 2.45) is 7.05 Å². The lowest BCUT2D eigenvalue weighted by Crippen LogP contribution is -2.28. The van der Waals surface area contributed by atoms with Gasteiger partial charge < -0.3 is 13.3 Å². The Bertz CT molecular complexity index is 1960. The first-order valence-corrected chi connectivity index (χ1v) is 10.7. The van der Waals surface area contributed by atoms with Gasteiger partial charge in [-0.1, -0.05) is 18.2 Å². The van der Waals surface area contributed by atoms with Crippen LogP contribution < -0.4 is 4.57 Å². The maximum atomic E-state index is 9.22. The van der Waals surface area contributed by atoms with E-state index in [9.17, 15) is 5.26 Å². The molecule has 5 nitrogen and oxygen atoms in total. The smallest absolute Gasteiger partial charge is 0.381 e. The summed E-state index contributed by atoms with van der Waals surface area (Å²) in [5, 5.41) is 13.1. The van der Waals surface area contributed by atoms with Gasteiger partial charge in [0.1, 0.15) is 29.4 Å². The second kappa shape index (κ2) is 6.24. The number of fused-ring (bicyclic) bond motifs is 8. The third-order valence-electron chi connectivity index (χ3n) is 6.53. The van der Waals surface area contributed by atoms with Crippen LogP contribution in [-0.2, 0) is 7.05 Å². The zero-order valence-electron chi connectivity index (χ0n) is 18.0. The van der Waals surface area contributed by atoms with Crippen molar-refractivity contribution in [1.29, 1.82) is 5.26 Å². The zero-order chi connectivity index (χ0) is 22.3. The Labute approximate surface area is 187 Å². The summed E-state index contributed by atoms with van der Waals surface area (Å²) in [6, 6.07) is 24.0. The molecule has 5 heteroatoms. The molecule has 0 unspecified atom stereocenters. The fourth-order valence-corrected chi connectivity index (χ4v) is 4.86. The molecule has 3 aromatic heterocycles. The summed E-state index contributed by atoms with van der Waals surface area (Å²) in [6.45, 7) is 2.09. The van der Waals surface area contributed by atoms with E-state index in [1.54, 1.807) is 6.07 Å². The standard InChI is InChI=1S/C28H17N2O3/c1-15-5-3-4-6-17(15)28-30(2)21-9-10-22-26(27(21)33-28)20-12-19-18-8-7-16(14-29)11-23(18)32-24(19)13-25(20)31-22/h3-13H,1-2H3/q+1. The first-order valence-electron chi connectivity index (χ1n) is 10.7. The molecule has 0 amide bonds. The predicted octanol–water partition coefficient (Wildman–Crippen LogP) is 6.90. The highest BCUT2D eigenvalue weighted by molar-refractivity contribution is 6.20. The second-order valence-electron chi connectivity index (χ2n) is 8.44. The molecule has 0 fully saturated rings. The second-order valence-corrected chi connectivity index (χ2v) is 8.44. The quantitative estimate of drug-likeness (QED) is 0.266. The van der Waals surface area contributed by atoms with Crippen LogP contribution in [0, 0.1) is 18.3 Å². The van der Waals surface area contributed by atoms with Crippen LogP contribution >= 0.6 is 0 Å². The van der Waals surface area contributed by atoms with Crippen molar-refractivity contribution >= 4 is 55.0 Å². The van der Waals surface area contributed by atoms with Crippen LogP contribution in [0.5, 0.6) is 0 Å². The molecule has 0 bridgehead atoms. The summed E-state index contributed by atoms with van der Waals surface area (Å²) in [4.78, 5) is 0. The summed E-state index contributed by atoms with van der Waals surface area (Å²) in [5.74, 6) is 0.809. The first kappa shape index (κ1) is 18.1. The Kier molecular flexibility index (Phi) is 3.41. The van der Waals surface area contributed by atoms with Gasteiger partial charge in [-0.3, -0.25) is 0 Å². The van der Waals surface area contributed by atoms with Crippen molar-refractivity contribution in [3.8, 4) is 17.5 Å².